The van der Waals surface area contributed by atoms with Gasteiger partial charge < -0.3 is 65.8 Å². The van der Waals surface area contributed by atoms with Gasteiger partial charge in [-0.05, 0) is 39.8 Å². The van der Waals surface area contributed by atoms with E-state index in [9.17, 15) is 9.46 Å². The van der Waals surface area contributed by atoms with Crippen LogP contribution >= 0.6 is 7.82 Å². The Balaban J connectivity index is 1.16. The second-order valence-electron chi connectivity index (χ2n) is 22.2. The predicted octanol–water partition coefficient (Wildman–Crippen LogP) is 11.6. The van der Waals surface area contributed by atoms with E-state index in [4.69, 9.17) is 56.4 Å². The average Bonchev–Trinajstić information content (AvgIpc) is 3.66. The van der Waals surface area contributed by atoms with Crippen LogP contribution in [-0.2, 0) is 101 Å². The molecule has 0 saturated carbocycles. The Hall–Kier alpha value is -5.01. The van der Waals surface area contributed by atoms with Crippen LogP contribution in [0, 0.1) is 0 Å². The van der Waals surface area contributed by atoms with E-state index in [0.29, 0.717) is 17.6 Å². The highest BCUT2D eigenvalue weighted by molar-refractivity contribution is 7.45. The summed E-state index contributed by atoms with van der Waals surface area (Å²) in [4.78, 5) is 13.6. The molecule has 0 aliphatic carbocycles. The van der Waals surface area contributed by atoms with Crippen LogP contribution in [0.2, 0.25) is 0 Å². The van der Waals surface area contributed by atoms with Crippen molar-refractivity contribution in [2.75, 3.05) is 54.1 Å². The SMILES string of the molecule is CCCCCCCCO[C@@H]1O[C@H](CO[C@@H]2O[C@H](COP(=O)([O-])OCC[N+](C)(C)C)[C@H](OCc3ccccc3)[C@H](OCc3ccccc3)[C@H]2OCc2ccccc2)[C@H](OCc2ccccc2)[C@H](OCc2ccccc2)[C@H]1OCc1ccccc1. The molecule has 0 spiro atoms. The number of nitrogens with zero attached hydrogens (tertiary/aromatic N) is 1. The normalized spacial score (nSPS) is 23.6. The molecule has 2 aliphatic rings. The van der Waals surface area contributed by atoms with E-state index < -0.39 is 75.8 Å². The van der Waals surface area contributed by atoms with E-state index in [1.54, 1.807) is 0 Å². The Bertz CT molecular complexity index is 2710. The fraction of sp³-hybridized carbons (Fsp3) is 0.463. The molecule has 6 aromatic carbocycles. The zero-order valence-corrected chi connectivity index (χ0v) is 49.6. The van der Waals surface area contributed by atoms with Gasteiger partial charge in [0.25, 0.3) is 7.82 Å². The summed E-state index contributed by atoms with van der Waals surface area (Å²) in [6.07, 6.45) is -2.82. The van der Waals surface area contributed by atoms with Crippen molar-refractivity contribution in [3.8, 4) is 0 Å². The van der Waals surface area contributed by atoms with Crippen molar-refractivity contribution in [2.24, 2.45) is 0 Å². The Labute approximate surface area is 492 Å². The molecule has 2 fully saturated rings. The fourth-order valence-electron chi connectivity index (χ4n) is 9.93. The number of ether oxygens (including phenoxy) is 10. The third-order valence-electron chi connectivity index (χ3n) is 14.5. The van der Waals surface area contributed by atoms with Gasteiger partial charge in [0.1, 0.15) is 62.0 Å². The van der Waals surface area contributed by atoms with Crippen LogP contribution in [0.25, 0.3) is 0 Å². The van der Waals surface area contributed by atoms with Gasteiger partial charge in [0.15, 0.2) is 12.6 Å². The number of hydrogen-bond donors (Lipinski definition) is 0. The minimum absolute atomic E-state index is 0.0829. The molecular formula is C67H86NO14P. The largest absolute Gasteiger partial charge is 0.756 e. The van der Waals surface area contributed by atoms with E-state index in [0.717, 1.165) is 59.1 Å². The Morgan fingerprint density at radius 1 is 0.386 bits per heavy atom. The van der Waals surface area contributed by atoms with Crippen LogP contribution in [-0.4, -0.2) is 120 Å². The lowest BCUT2D eigenvalue weighted by atomic mass is 9.96. The van der Waals surface area contributed by atoms with Gasteiger partial charge in [-0.2, -0.15) is 0 Å². The summed E-state index contributed by atoms with van der Waals surface area (Å²) < 4.78 is 95.0. The molecule has 2 heterocycles. The highest BCUT2D eigenvalue weighted by Gasteiger charge is 2.52. The summed E-state index contributed by atoms with van der Waals surface area (Å²) in [5, 5.41) is 0. The molecule has 11 atom stereocenters. The Morgan fingerprint density at radius 3 is 1.08 bits per heavy atom. The van der Waals surface area contributed by atoms with Crippen molar-refractivity contribution in [3.05, 3.63) is 215 Å². The monoisotopic (exact) mass is 1160 g/mol. The standard InChI is InChI=1S/C67H86NO14P/c1-5-6-7-8-9-28-42-71-66-64(76-48-56-37-24-14-25-38-56)62(74-46-54-33-20-12-21-34-54)60(72-44-52-29-16-10-17-30-52)58(81-66)50-78-67-65(77-49-57-39-26-15-27-40-57)63(75-47-55-35-22-13-23-36-55)61(73-45-53-31-18-11-19-32-53)59(82-67)51-80-83(69,70)79-43-41-68(2,3)4/h10-27,29-40,58-67H,5-9,28,41-51H2,1-4H3/t58-,59-,60+,61+,62+,63+,64-,65-,66-,67-/m1/s1. The maximum absolute atomic E-state index is 13.6. The zero-order valence-electron chi connectivity index (χ0n) is 48.7. The Morgan fingerprint density at radius 2 is 0.711 bits per heavy atom. The molecule has 0 N–H and O–H groups in total. The van der Waals surface area contributed by atoms with E-state index in [1.165, 1.54) is 12.8 Å². The van der Waals surface area contributed by atoms with Crippen molar-refractivity contribution >= 4 is 7.82 Å². The summed E-state index contributed by atoms with van der Waals surface area (Å²) in [5.74, 6) is 0. The number of phosphoric acid groups is 1. The molecule has 15 nitrogen and oxygen atoms in total. The summed E-state index contributed by atoms with van der Waals surface area (Å²) in [6.45, 7) is 3.52. The van der Waals surface area contributed by atoms with Crippen LogP contribution in [0.4, 0.5) is 0 Å². The van der Waals surface area contributed by atoms with Crippen LogP contribution in [0.1, 0.15) is 78.8 Å². The first-order valence-electron chi connectivity index (χ1n) is 29.4. The van der Waals surface area contributed by atoms with Crippen molar-refractivity contribution < 1.29 is 70.4 Å². The van der Waals surface area contributed by atoms with Gasteiger partial charge >= 0.3 is 0 Å². The number of quaternary nitrogens is 1. The summed E-state index contributed by atoms with van der Waals surface area (Å²) in [5.41, 5.74) is 5.57. The maximum Gasteiger partial charge on any atom is 0.268 e. The lowest BCUT2D eigenvalue weighted by Crippen LogP contribution is -2.64. The first-order chi connectivity index (χ1) is 40.5. The van der Waals surface area contributed by atoms with Crippen molar-refractivity contribution in [1.82, 2.24) is 0 Å². The number of benzene rings is 6. The van der Waals surface area contributed by atoms with Crippen LogP contribution in [0.15, 0.2) is 182 Å². The molecule has 8 rings (SSSR count). The molecule has 0 radical (unpaired) electrons. The number of rotatable bonds is 36. The summed E-state index contributed by atoms with van der Waals surface area (Å²) in [6, 6.07) is 59.2. The minimum Gasteiger partial charge on any atom is -0.756 e. The van der Waals surface area contributed by atoms with Gasteiger partial charge in [-0.15, -0.1) is 0 Å². The highest BCUT2D eigenvalue weighted by atomic mass is 31.2. The zero-order chi connectivity index (χ0) is 58.0. The van der Waals surface area contributed by atoms with Gasteiger partial charge in [0.05, 0.1) is 74.0 Å². The van der Waals surface area contributed by atoms with E-state index in [2.05, 4.69) is 6.92 Å². The molecule has 2 aliphatic heterocycles. The molecule has 83 heavy (non-hydrogen) atoms. The molecule has 0 aromatic heterocycles. The van der Waals surface area contributed by atoms with E-state index in [1.807, 2.05) is 203 Å². The predicted molar refractivity (Wildman–Crippen MR) is 315 cm³/mol. The lowest BCUT2D eigenvalue weighted by Gasteiger charge is -2.48. The lowest BCUT2D eigenvalue weighted by molar-refractivity contribution is -0.870. The first kappa shape index (κ1) is 64.0. The first-order valence-corrected chi connectivity index (χ1v) is 30.8. The highest BCUT2D eigenvalue weighted by Crippen LogP contribution is 2.41. The van der Waals surface area contributed by atoms with Crippen LogP contribution in [0.3, 0.4) is 0 Å². The fourth-order valence-corrected chi connectivity index (χ4v) is 10.6. The third-order valence-corrected chi connectivity index (χ3v) is 15.5. The topological polar surface area (TPSA) is 151 Å². The quantitative estimate of drug-likeness (QED) is 0.0208. The molecule has 6 aromatic rings. The number of phosphoric ester groups is 1. The molecule has 0 amide bonds. The third kappa shape index (κ3) is 21.8. The minimum atomic E-state index is -4.88. The smallest absolute Gasteiger partial charge is 0.268 e. The van der Waals surface area contributed by atoms with E-state index in [-0.39, 0.29) is 52.9 Å². The van der Waals surface area contributed by atoms with Crippen molar-refractivity contribution in [1.29, 1.82) is 0 Å². The van der Waals surface area contributed by atoms with Crippen molar-refractivity contribution in [2.45, 2.75) is 147 Å². The van der Waals surface area contributed by atoms with Gasteiger partial charge in [0.2, 0.25) is 0 Å². The Kier molecular flexibility index (Phi) is 26.4. The van der Waals surface area contributed by atoms with Crippen LogP contribution < -0.4 is 4.89 Å². The van der Waals surface area contributed by atoms with Crippen molar-refractivity contribution in [3.63, 3.8) is 0 Å². The molecule has 448 valence electrons. The van der Waals surface area contributed by atoms with Gasteiger partial charge in [-0.1, -0.05) is 221 Å². The molecule has 16 heteroatoms. The average molecular weight is 1160 g/mol. The maximum atomic E-state index is 13.6. The molecule has 1 unspecified atom stereocenters. The molecular weight excluding hydrogens is 1070 g/mol. The molecule has 0 bridgehead atoms. The number of likely N-dealkylation sites (N-methyl/N-ethyl adjacent to an activating group) is 1. The number of unbranched alkanes of at least 4 members (excludes halogenated alkanes) is 5. The second-order valence-corrected chi connectivity index (χ2v) is 23.6. The summed E-state index contributed by atoms with van der Waals surface area (Å²) in [7, 11) is 0.975. The molecule has 2 saturated heterocycles. The number of hydrogen-bond acceptors (Lipinski definition) is 14. The second kappa shape index (κ2) is 34.2. The van der Waals surface area contributed by atoms with E-state index >= 15 is 0 Å². The van der Waals surface area contributed by atoms with Gasteiger partial charge in [0, 0.05) is 6.61 Å². The van der Waals surface area contributed by atoms with Gasteiger partial charge in [-0.25, -0.2) is 0 Å². The summed E-state index contributed by atoms with van der Waals surface area (Å²) >= 11 is 0. The van der Waals surface area contributed by atoms with Crippen LogP contribution in [0.5, 0.6) is 0 Å². The van der Waals surface area contributed by atoms with Gasteiger partial charge in [-0.3, -0.25) is 4.57 Å².